The zero-order chi connectivity index (χ0) is 22.2. The maximum Gasteiger partial charge on any atom is 0.391 e. The Balaban J connectivity index is 1.55. The second-order valence-electron chi connectivity index (χ2n) is 8.84. The Morgan fingerprint density at radius 2 is 2.06 bits per heavy atom. The molecule has 2 aromatic heterocycles. The predicted octanol–water partition coefficient (Wildman–Crippen LogP) is 5.53. The van der Waals surface area contributed by atoms with Gasteiger partial charge in [0.25, 0.3) is 0 Å². The van der Waals surface area contributed by atoms with Gasteiger partial charge in [0.1, 0.15) is 0 Å². The van der Waals surface area contributed by atoms with E-state index in [2.05, 4.69) is 22.4 Å². The van der Waals surface area contributed by atoms with E-state index in [0.717, 1.165) is 29.6 Å². The summed E-state index contributed by atoms with van der Waals surface area (Å²) in [6.07, 6.45) is -0.0228. The summed E-state index contributed by atoms with van der Waals surface area (Å²) in [6.45, 7) is 5.55. The Bertz CT molecular complexity index is 952. The number of hydrogen-bond donors (Lipinski definition) is 2. The zero-order valence-electron chi connectivity index (χ0n) is 17.3. The van der Waals surface area contributed by atoms with Gasteiger partial charge in [0.15, 0.2) is 0 Å². The van der Waals surface area contributed by atoms with Crippen molar-refractivity contribution >= 4 is 22.8 Å². The molecule has 8 heteroatoms. The molecule has 0 radical (unpaired) electrons. The van der Waals surface area contributed by atoms with E-state index in [1.54, 1.807) is 0 Å². The molecule has 1 aliphatic heterocycles. The molecule has 2 unspecified atom stereocenters. The number of fused-ring (bicyclic) bond motifs is 1. The van der Waals surface area contributed by atoms with Crippen molar-refractivity contribution in [2.24, 2.45) is 5.92 Å². The lowest BCUT2D eigenvalue weighted by atomic mass is 9.77. The van der Waals surface area contributed by atoms with Crippen molar-refractivity contribution in [1.29, 1.82) is 0 Å². The van der Waals surface area contributed by atoms with E-state index in [1.807, 2.05) is 18.3 Å². The van der Waals surface area contributed by atoms with Crippen molar-refractivity contribution in [1.82, 2.24) is 9.72 Å². The molecule has 1 saturated heterocycles. The first-order valence-electron chi connectivity index (χ1n) is 10.8. The van der Waals surface area contributed by atoms with Gasteiger partial charge in [0.05, 0.1) is 22.1 Å². The lowest BCUT2D eigenvalue weighted by molar-refractivity contribution is -0.199. The van der Waals surface area contributed by atoms with E-state index in [9.17, 15) is 18.3 Å². The molecule has 2 aromatic rings. The number of nitrogens with one attached hydrogen (secondary N) is 1. The molecule has 0 aromatic carbocycles. The van der Waals surface area contributed by atoms with Crippen LogP contribution in [0, 0.1) is 5.92 Å². The predicted molar refractivity (Wildman–Crippen MR) is 115 cm³/mol. The van der Waals surface area contributed by atoms with Crippen LogP contribution in [0.1, 0.15) is 55.7 Å². The molecule has 1 saturated carbocycles. The third-order valence-corrected chi connectivity index (χ3v) is 6.95. The molecule has 3 heterocycles. The van der Waals surface area contributed by atoms with Crippen LogP contribution in [0.2, 0.25) is 5.02 Å². The number of hydrogen-bond acceptors (Lipinski definition) is 3. The molecular weight excluding hydrogens is 429 g/mol. The number of pyridine rings is 1. The molecular formula is C23H28ClF3N2O2. The second kappa shape index (κ2) is 8.68. The van der Waals surface area contributed by atoms with Gasteiger partial charge >= 0.3 is 6.18 Å². The van der Waals surface area contributed by atoms with Crippen LogP contribution in [-0.2, 0) is 4.74 Å². The largest absolute Gasteiger partial charge is 0.391 e. The molecule has 4 rings (SSSR count). The summed E-state index contributed by atoms with van der Waals surface area (Å²) in [5, 5.41) is 14.5. The van der Waals surface area contributed by atoms with Crippen LogP contribution in [0.4, 0.5) is 13.2 Å². The van der Waals surface area contributed by atoms with Crippen molar-refractivity contribution in [2.45, 2.75) is 56.2 Å². The minimum atomic E-state index is -4.28. The molecule has 2 N–H and O–H groups in total. The summed E-state index contributed by atoms with van der Waals surface area (Å²) in [7, 11) is 0. The molecule has 0 amide bonds. The summed E-state index contributed by atoms with van der Waals surface area (Å²) >= 11 is 6.52. The third-order valence-electron chi connectivity index (χ3n) is 6.65. The fraction of sp³-hybridized carbons (Fsp3) is 0.565. The van der Waals surface area contributed by atoms with Crippen molar-refractivity contribution in [3.8, 4) is 0 Å². The van der Waals surface area contributed by atoms with E-state index >= 15 is 0 Å². The fourth-order valence-electron chi connectivity index (χ4n) is 4.93. The Hall–Kier alpha value is -1.70. The Kier molecular flexibility index (Phi) is 6.30. The highest BCUT2D eigenvalue weighted by Gasteiger charge is 2.46. The monoisotopic (exact) mass is 456 g/mol. The average molecular weight is 457 g/mol. The fourth-order valence-corrected chi connectivity index (χ4v) is 5.19. The smallest absolute Gasteiger partial charge is 0.388 e. The maximum atomic E-state index is 13.2. The number of alkyl halides is 3. The van der Waals surface area contributed by atoms with E-state index in [4.69, 9.17) is 16.3 Å². The maximum absolute atomic E-state index is 13.2. The van der Waals surface area contributed by atoms with Crippen molar-refractivity contribution in [3.05, 3.63) is 47.3 Å². The number of aliphatic hydroxyl groups is 1. The number of ether oxygens (including phenoxy) is 1. The van der Waals surface area contributed by atoms with Crippen LogP contribution in [0.5, 0.6) is 0 Å². The van der Waals surface area contributed by atoms with Gasteiger partial charge in [0.2, 0.25) is 0 Å². The van der Waals surface area contributed by atoms with E-state index in [-0.39, 0.29) is 19.4 Å². The highest BCUT2D eigenvalue weighted by atomic mass is 35.5. The topological polar surface area (TPSA) is 45.9 Å². The summed E-state index contributed by atoms with van der Waals surface area (Å²) in [5.74, 6) is -1.14. The molecule has 1 aliphatic carbocycles. The Morgan fingerprint density at radius 3 is 2.77 bits per heavy atom. The molecule has 2 atom stereocenters. The molecule has 0 bridgehead atoms. The van der Waals surface area contributed by atoms with Crippen LogP contribution in [-0.4, -0.2) is 41.0 Å². The minimum absolute atomic E-state index is 0.0206. The van der Waals surface area contributed by atoms with Crippen LogP contribution in [0.3, 0.4) is 0 Å². The van der Waals surface area contributed by atoms with Gasteiger partial charge in [-0.3, -0.25) is 0 Å². The van der Waals surface area contributed by atoms with Gasteiger partial charge in [-0.05, 0) is 56.7 Å². The standard InChI is InChI=1S/C23H28ClF3N2O2/c1-15(28-14-22(30)8-2-4-17(13-22)23(25,26)27)18-12-20(16-6-10-31-11-7-16)29-9-3-5-19(24)21(18)29/h3,5,9,12,16-17,28,30H,1-2,4,6-8,10-11,13-14H2. The Labute approximate surface area is 185 Å². The van der Waals surface area contributed by atoms with Crippen molar-refractivity contribution in [2.75, 3.05) is 19.8 Å². The first-order chi connectivity index (χ1) is 14.7. The normalized spacial score (nSPS) is 25.6. The summed E-state index contributed by atoms with van der Waals surface area (Å²) in [6, 6.07) is 5.75. The van der Waals surface area contributed by atoms with Crippen LogP contribution in [0.15, 0.2) is 31.0 Å². The van der Waals surface area contributed by atoms with Gasteiger partial charge < -0.3 is 19.6 Å². The molecule has 31 heavy (non-hydrogen) atoms. The number of nitrogens with zero attached hydrogens (tertiary/aromatic N) is 1. The number of halogens is 4. The summed E-state index contributed by atoms with van der Waals surface area (Å²) < 4.78 is 47.1. The van der Waals surface area contributed by atoms with Gasteiger partial charge in [-0.2, -0.15) is 13.2 Å². The van der Waals surface area contributed by atoms with Crippen LogP contribution in [0.25, 0.3) is 11.2 Å². The van der Waals surface area contributed by atoms with Gasteiger partial charge in [0, 0.05) is 48.8 Å². The van der Waals surface area contributed by atoms with Crippen molar-refractivity contribution in [3.63, 3.8) is 0 Å². The summed E-state index contributed by atoms with van der Waals surface area (Å²) in [5.41, 5.74) is 1.87. The van der Waals surface area contributed by atoms with Gasteiger partial charge in [-0.15, -0.1) is 0 Å². The van der Waals surface area contributed by atoms with Crippen LogP contribution < -0.4 is 5.32 Å². The lowest BCUT2D eigenvalue weighted by Gasteiger charge is -2.38. The Morgan fingerprint density at radius 1 is 1.32 bits per heavy atom. The quantitative estimate of drug-likeness (QED) is 0.621. The number of aromatic nitrogens is 1. The highest BCUT2D eigenvalue weighted by molar-refractivity contribution is 6.34. The third kappa shape index (κ3) is 4.73. The molecule has 4 nitrogen and oxygen atoms in total. The molecule has 2 fully saturated rings. The van der Waals surface area contributed by atoms with E-state index < -0.39 is 17.7 Å². The average Bonchev–Trinajstić information content (AvgIpc) is 3.13. The van der Waals surface area contributed by atoms with E-state index in [0.29, 0.717) is 42.7 Å². The first-order valence-corrected chi connectivity index (χ1v) is 11.2. The van der Waals surface area contributed by atoms with Crippen molar-refractivity contribution < 1.29 is 23.0 Å². The molecule has 2 aliphatic rings. The lowest BCUT2D eigenvalue weighted by Crippen LogP contribution is -2.46. The van der Waals surface area contributed by atoms with Crippen LogP contribution >= 0.6 is 11.6 Å². The first kappa shape index (κ1) is 22.5. The summed E-state index contributed by atoms with van der Waals surface area (Å²) in [4.78, 5) is 0. The highest BCUT2D eigenvalue weighted by Crippen LogP contribution is 2.42. The molecule has 170 valence electrons. The molecule has 0 spiro atoms. The SMILES string of the molecule is C=C(NCC1(O)CCCC(C(F)(F)F)C1)c1cc(C2CCOCC2)n2cccc(Cl)c12. The zero-order valence-corrected chi connectivity index (χ0v) is 18.1. The second-order valence-corrected chi connectivity index (χ2v) is 9.24. The number of rotatable bonds is 5. The van der Waals surface area contributed by atoms with Gasteiger partial charge in [-0.25, -0.2) is 0 Å². The van der Waals surface area contributed by atoms with Gasteiger partial charge in [-0.1, -0.05) is 18.2 Å². The minimum Gasteiger partial charge on any atom is -0.388 e. The van der Waals surface area contributed by atoms with E-state index in [1.165, 1.54) is 0 Å².